The summed E-state index contributed by atoms with van der Waals surface area (Å²) in [6.07, 6.45) is 1.77. The van der Waals surface area contributed by atoms with Crippen molar-refractivity contribution in [1.82, 2.24) is 0 Å². The van der Waals surface area contributed by atoms with Gasteiger partial charge in [-0.05, 0) is 24.1 Å². The molecule has 0 saturated heterocycles. The van der Waals surface area contributed by atoms with Gasteiger partial charge in [0.2, 0.25) is 5.43 Å². The molecule has 4 nitrogen and oxygen atoms in total. The minimum atomic E-state index is -1.27. The summed E-state index contributed by atoms with van der Waals surface area (Å²) in [4.78, 5) is 22.6. The lowest BCUT2D eigenvalue weighted by Gasteiger charge is -2.00. The smallest absolute Gasteiger partial charge is 0.342 e. The number of hydrogen-bond donors (Lipinski definition) is 1. The molecule has 4 heteroatoms. The molecular formula is C12H10O4. The van der Waals surface area contributed by atoms with Gasteiger partial charge in [0, 0.05) is 0 Å². The SMILES string of the molecule is CCc1ccc2occ(C(=O)O)c(=O)c2c1. The van der Waals surface area contributed by atoms with E-state index in [1.165, 1.54) is 0 Å². The molecule has 1 aromatic heterocycles. The summed E-state index contributed by atoms with van der Waals surface area (Å²) >= 11 is 0. The molecule has 0 aliphatic rings. The van der Waals surface area contributed by atoms with Gasteiger partial charge in [0.25, 0.3) is 0 Å². The van der Waals surface area contributed by atoms with Crippen LogP contribution in [0.25, 0.3) is 11.0 Å². The van der Waals surface area contributed by atoms with Gasteiger partial charge in [-0.25, -0.2) is 4.79 Å². The molecule has 0 fully saturated rings. The molecule has 1 heterocycles. The maximum Gasteiger partial charge on any atom is 0.342 e. The Hall–Kier alpha value is -2.10. The minimum absolute atomic E-state index is 0.319. The van der Waals surface area contributed by atoms with Crippen LogP contribution in [0.4, 0.5) is 0 Å². The van der Waals surface area contributed by atoms with E-state index in [1.807, 2.05) is 13.0 Å². The molecule has 82 valence electrons. The van der Waals surface area contributed by atoms with E-state index >= 15 is 0 Å². The number of carboxylic acids is 1. The van der Waals surface area contributed by atoms with Crippen LogP contribution >= 0.6 is 0 Å². The summed E-state index contributed by atoms with van der Waals surface area (Å²) < 4.78 is 5.10. The molecular weight excluding hydrogens is 208 g/mol. The third-order valence-electron chi connectivity index (χ3n) is 2.48. The second-order valence-electron chi connectivity index (χ2n) is 3.47. The van der Waals surface area contributed by atoms with Crippen LogP contribution in [0.2, 0.25) is 0 Å². The van der Waals surface area contributed by atoms with Crippen molar-refractivity contribution >= 4 is 16.9 Å². The Bertz CT molecular complexity index is 610. The summed E-state index contributed by atoms with van der Waals surface area (Å²) in [5.41, 5.74) is 0.555. The predicted molar refractivity (Wildman–Crippen MR) is 58.8 cm³/mol. The molecule has 0 unspecified atom stereocenters. The highest BCUT2D eigenvalue weighted by Gasteiger charge is 2.12. The van der Waals surface area contributed by atoms with Crippen molar-refractivity contribution < 1.29 is 14.3 Å². The second-order valence-corrected chi connectivity index (χ2v) is 3.47. The van der Waals surface area contributed by atoms with Crippen LogP contribution in [0.15, 0.2) is 33.7 Å². The molecule has 0 bridgehead atoms. The molecule has 0 spiro atoms. The number of rotatable bonds is 2. The third kappa shape index (κ3) is 1.58. The lowest BCUT2D eigenvalue weighted by Crippen LogP contribution is -2.14. The number of fused-ring (bicyclic) bond motifs is 1. The minimum Gasteiger partial charge on any atom is -0.477 e. The molecule has 0 atom stereocenters. The van der Waals surface area contributed by atoms with Gasteiger partial charge >= 0.3 is 5.97 Å². The molecule has 2 aromatic rings. The molecule has 1 aromatic carbocycles. The number of benzene rings is 1. The fraction of sp³-hybridized carbons (Fsp3) is 0.167. The summed E-state index contributed by atoms with van der Waals surface area (Å²) in [6.45, 7) is 1.96. The van der Waals surface area contributed by atoms with Crippen LogP contribution in [0.3, 0.4) is 0 Å². The van der Waals surface area contributed by atoms with Crippen molar-refractivity contribution in [3.8, 4) is 0 Å². The quantitative estimate of drug-likeness (QED) is 0.837. The number of carboxylic acid groups (broad SMARTS) is 1. The van der Waals surface area contributed by atoms with Gasteiger partial charge in [0.05, 0.1) is 5.39 Å². The zero-order chi connectivity index (χ0) is 11.7. The summed E-state index contributed by atoms with van der Waals surface area (Å²) in [7, 11) is 0. The van der Waals surface area contributed by atoms with E-state index < -0.39 is 11.4 Å². The predicted octanol–water partition coefficient (Wildman–Crippen LogP) is 2.05. The first kappa shape index (κ1) is 10.4. The highest BCUT2D eigenvalue weighted by molar-refractivity contribution is 5.91. The highest BCUT2D eigenvalue weighted by atomic mass is 16.4. The standard InChI is InChI=1S/C12H10O4/c1-2-7-3-4-10-8(5-7)11(13)9(6-16-10)12(14)15/h3-6H,2H2,1H3,(H,14,15). The third-order valence-corrected chi connectivity index (χ3v) is 2.48. The van der Waals surface area contributed by atoms with E-state index in [4.69, 9.17) is 9.52 Å². The maximum atomic E-state index is 11.8. The van der Waals surface area contributed by atoms with E-state index in [2.05, 4.69) is 0 Å². The Morgan fingerprint density at radius 2 is 2.19 bits per heavy atom. The maximum absolute atomic E-state index is 11.8. The average Bonchev–Trinajstić information content (AvgIpc) is 2.28. The van der Waals surface area contributed by atoms with Crippen molar-refractivity contribution in [2.24, 2.45) is 0 Å². The summed E-state index contributed by atoms with van der Waals surface area (Å²) in [5.74, 6) is -1.27. The van der Waals surface area contributed by atoms with Gasteiger partial charge in [-0.2, -0.15) is 0 Å². The van der Waals surface area contributed by atoms with Crippen molar-refractivity contribution in [2.75, 3.05) is 0 Å². The molecule has 1 N–H and O–H groups in total. The van der Waals surface area contributed by atoms with Gasteiger partial charge in [-0.1, -0.05) is 13.0 Å². The lowest BCUT2D eigenvalue weighted by atomic mass is 10.1. The molecule has 0 aliphatic heterocycles. The van der Waals surface area contributed by atoms with Crippen LogP contribution in [0, 0.1) is 0 Å². The van der Waals surface area contributed by atoms with Crippen molar-refractivity contribution in [3.63, 3.8) is 0 Å². The molecule has 0 amide bonds. The largest absolute Gasteiger partial charge is 0.477 e. The van der Waals surface area contributed by atoms with Crippen LogP contribution in [0.1, 0.15) is 22.8 Å². The number of hydrogen-bond acceptors (Lipinski definition) is 3. The van der Waals surface area contributed by atoms with Crippen LogP contribution < -0.4 is 5.43 Å². The molecule has 0 radical (unpaired) electrons. The van der Waals surface area contributed by atoms with E-state index in [1.54, 1.807) is 12.1 Å². The molecule has 0 aliphatic carbocycles. The molecule has 16 heavy (non-hydrogen) atoms. The van der Waals surface area contributed by atoms with Gasteiger partial charge in [-0.15, -0.1) is 0 Å². The van der Waals surface area contributed by atoms with E-state index in [9.17, 15) is 9.59 Å². The Kier molecular flexibility index (Phi) is 2.48. The lowest BCUT2D eigenvalue weighted by molar-refractivity contribution is 0.0693. The number of carbonyl (C=O) groups is 1. The zero-order valence-electron chi connectivity index (χ0n) is 8.69. The fourth-order valence-electron chi connectivity index (χ4n) is 1.55. The monoisotopic (exact) mass is 218 g/mol. The second kappa shape index (κ2) is 3.81. The van der Waals surface area contributed by atoms with Crippen molar-refractivity contribution in [2.45, 2.75) is 13.3 Å². The average molecular weight is 218 g/mol. The van der Waals surface area contributed by atoms with Crippen LogP contribution in [0.5, 0.6) is 0 Å². The summed E-state index contributed by atoms with van der Waals surface area (Å²) in [5, 5.41) is 9.11. The van der Waals surface area contributed by atoms with Crippen LogP contribution in [-0.4, -0.2) is 11.1 Å². The Morgan fingerprint density at radius 1 is 1.44 bits per heavy atom. The zero-order valence-corrected chi connectivity index (χ0v) is 8.69. The normalized spacial score (nSPS) is 10.6. The number of aromatic carboxylic acids is 1. The number of aryl methyl sites for hydroxylation is 1. The first-order chi connectivity index (χ1) is 7.63. The molecule has 0 saturated carbocycles. The van der Waals surface area contributed by atoms with E-state index in [-0.39, 0.29) is 5.56 Å². The first-order valence-electron chi connectivity index (χ1n) is 4.91. The Morgan fingerprint density at radius 3 is 2.81 bits per heavy atom. The van der Waals surface area contributed by atoms with E-state index in [0.29, 0.717) is 11.0 Å². The topological polar surface area (TPSA) is 67.5 Å². The van der Waals surface area contributed by atoms with E-state index in [0.717, 1.165) is 18.2 Å². The summed E-state index contributed by atoms with van der Waals surface area (Å²) in [6, 6.07) is 5.21. The molecule has 2 rings (SSSR count). The fourth-order valence-corrected chi connectivity index (χ4v) is 1.55. The van der Waals surface area contributed by atoms with Crippen molar-refractivity contribution in [3.05, 3.63) is 45.8 Å². The van der Waals surface area contributed by atoms with Crippen molar-refractivity contribution in [1.29, 1.82) is 0 Å². The Labute approximate surface area is 91.1 Å². The van der Waals surface area contributed by atoms with Crippen LogP contribution in [-0.2, 0) is 6.42 Å². The van der Waals surface area contributed by atoms with Gasteiger partial charge in [0.15, 0.2) is 0 Å². The van der Waals surface area contributed by atoms with Gasteiger partial charge < -0.3 is 9.52 Å². The Balaban J connectivity index is 2.81. The van der Waals surface area contributed by atoms with Gasteiger partial charge in [-0.3, -0.25) is 4.79 Å². The van der Waals surface area contributed by atoms with Gasteiger partial charge in [0.1, 0.15) is 17.4 Å². The highest BCUT2D eigenvalue weighted by Crippen LogP contribution is 2.14. The first-order valence-corrected chi connectivity index (χ1v) is 4.91.